The molecule has 35 heavy (non-hydrogen) atoms. The molecule has 4 atom stereocenters. The fourth-order valence-corrected chi connectivity index (χ4v) is 7.34. The van der Waals surface area contributed by atoms with Crippen molar-refractivity contribution in [3.63, 3.8) is 0 Å². The number of amides is 1. The van der Waals surface area contributed by atoms with Gasteiger partial charge in [-0.15, -0.1) is 0 Å². The molecule has 2 fully saturated rings. The highest BCUT2D eigenvalue weighted by molar-refractivity contribution is 6.35. The molecular formula is C29H24Cl2N2O2. The molecule has 4 nitrogen and oxygen atoms in total. The van der Waals surface area contributed by atoms with Crippen LogP contribution >= 0.6 is 23.2 Å². The molecule has 3 aliphatic rings. The Morgan fingerprint density at radius 2 is 1.54 bits per heavy atom. The van der Waals surface area contributed by atoms with Gasteiger partial charge in [0.1, 0.15) is 5.75 Å². The molecule has 0 aromatic heterocycles. The van der Waals surface area contributed by atoms with Crippen LogP contribution in [0.15, 0.2) is 96.1 Å². The van der Waals surface area contributed by atoms with Crippen LogP contribution in [0.25, 0.3) is 0 Å². The number of carbonyl (C=O) groups excluding carboxylic acids is 1. The summed E-state index contributed by atoms with van der Waals surface area (Å²) in [6.45, 7) is -0.191. The lowest BCUT2D eigenvalue weighted by atomic mass is 9.75. The standard InChI is InChI=1S/C29H24Cl2N2O2/c30-23-13-14-25(24(31)16-23)35-18-27(34)33-32-17-26-28(19-7-3-1-4-8-19)21-11-12-22(15-21)29(26,28)20-9-5-2-6-10-20/h1-14,16-17,21-22,26H,15,18H2,(H,33,34)/b32-17+. The molecule has 1 amide bonds. The summed E-state index contributed by atoms with van der Waals surface area (Å²) in [5, 5.41) is 5.28. The lowest BCUT2D eigenvalue weighted by molar-refractivity contribution is -0.123. The van der Waals surface area contributed by atoms with E-state index in [-0.39, 0.29) is 29.3 Å². The number of ether oxygens (including phenoxy) is 1. The van der Waals surface area contributed by atoms with Crippen LogP contribution in [0, 0.1) is 17.8 Å². The van der Waals surface area contributed by atoms with Crippen molar-refractivity contribution in [3.8, 4) is 5.75 Å². The third kappa shape index (κ3) is 3.27. The molecule has 0 heterocycles. The van der Waals surface area contributed by atoms with E-state index >= 15 is 0 Å². The zero-order valence-electron chi connectivity index (χ0n) is 18.9. The van der Waals surface area contributed by atoms with Gasteiger partial charge < -0.3 is 4.74 Å². The molecule has 3 aromatic carbocycles. The number of fused-ring (bicyclic) bond motifs is 5. The van der Waals surface area contributed by atoms with Crippen LogP contribution in [0.1, 0.15) is 17.5 Å². The second-order valence-corrected chi connectivity index (χ2v) is 10.3. The summed E-state index contributed by atoms with van der Waals surface area (Å²) in [5.74, 6) is 1.11. The van der Waals surface area contributed by atoms with E-state index in [2.05, 4.69) is 83.3 Å². The number of benzene rings is 3. The molecule has 0 saturated heterocycles. The Labute approximate surface area is 214 Å². The number of nitrogens with one attached hydrogen (secondary N) is 1. The maximum atomic E-state index is 12.5. The highest BCUT2D eigenvalue weighted by Crippen LogP contribution is 2.83. The van der Waals surface area contributed by atoms with E-state index < -0.39 is 0 Å². The zero-order chi connectivity index (χ0) is 24.0. The first-order chi connectivity index (χ1) is 17.1. The average molecular weight is 503 g/mol. The van der Waals surface area contributed by atoms with Gasteiger partial charge in [-0.25, -0.2) is 5.43 Å². The number of allylic oxidation sites excluding steroid dienone is 2. The topological polar surface area (TPSA) is 50.7 Å². The summed E-state index contributed by atoms with van der Waals surface area (Å²) in [6, 6.07) is 26.4. The summed E-state index contributed by atoms with van der Waals surface area (Å²) in [5.41, 5.74) is 5.20. The molecule has 0 spiro atoms. The van der Waals surface area contributed by atoms with E-state index in [1.807, 2.05) is 6.21 Å². The molecule has 1 N–H and O–H groups in total. The van der Waals surface area contributed by atoms with E-state index in [9.17, 15) is 4.79 Å². The lowest BCUT2D eigenvalue weighted by Crippen LogP contribution is -2.26. The van der Waals surface area contributed by atoms with Crippen molar-refractivity contribution in [1.82, 2.24) is 5.43 Å². The summed E-state index contributed by atoms with van der Waals surface area (Å²) < 4.78 is 5.54. The lowest BCUT2D eigenvalue weighted by Gasteiger charge is -2.27. The molecule has 2 saturated carbocycles. The van der Waals surface area contributed by atoms with E-state index in [1.165, 1.54) is 11.1 Å². The monoisotopic (exact) mass is 502 g/mol. The zero-order valence-corrected chi connectivity index (χ0v) is 20.4. The third-order valence-electron chi connectivity index (χ3n) is 8.00. The number of rotatable bonds is 7. The first-order valence-electron chi connectivity index (χ1n) is 11.8. The number of nitrogens with zero attached hydrogens (tertiary/aromatic N) is 1. The highest BCUT2D eigenvalue weighted by Gasteiger charge is 2.85. The minimum absolute atomic E-state index is 0.0589. The Balaban J connectivity index is 1.25. The van der Waals surface area contributed by atoms with Crippen molar-refractivity contribution in [2.75, 3.05) is 6.61 Å². The van der Waals surface area contributed by atoms with Gasteiger partial charge in [0.15, 0.2) is 6.61 Å². The molecule has 0 radical (unpaired) electrons. The Kier molecular flexibility index (Phi) is 5.46. The molecular weight excluding hydrogens is 479 g/mol. The number of halogens is 2. The average Bonchev–Trinajstić information content (AvgIpc) is 3.12. The number of hydrazone groups is 1. The van der Waals surface area contributed by atoms with Gasteiger partial charge in [-0.3, -0.25) is 4.79 Å². The fourth-order valence-electron chi connectivity index (χ4n) is 6.88. The van der Waals surface area contributed by atoms with Crippen LogP contribution in [0.4, 0.5) is 0 Å². The van der Waals surface area contributed by atoms with Crippen LogP contribution in [0.3, 0.4) is 0 Å². The fraction of sp³-hybridized carbons (Fsp3) is 0.241. The Morgan fingerprint density at radius 1 is 0.943 bits per heavy atom. The normalized spacial score (nSPS) is 29.8. The Hall–Kier alpha value is -3.08. The number of hydrogen-bond acceptors (Lipinski definition) is 3. The van der Waals surface area contributed by atoms with E-state index in [1.54, 1.807) is 18.2 Å². The molecule has 3 aromatic rings. The second-order valence-electron chi connectivity index (χ2n) is 9.46. The predicted octanol–water partition coefficient (Wildman–Crippen LogP) is 6.19. The van der Waals surface area contributed by atoms with Gasteiger partial charge in [-0.1, -0.05) is 96.0 Å². The molecule has 176 valence electrons. The van der Waals surface area contributed by atoms with Crippen molar-refractivity contribution >= 4 is 35.3 Å². The molecule has 6 heteroatoms. The van der Waals surface area contributed by atoms with Gasteiger partial charge in [-0.2, -0.15) is 5.10 Å². The molecule has 2 bridgehead atoms. The van der Waals surface area contributed by atoms with Crippen LogP contribution in [0.5, 0.6) is 5.75 Å². The van der Waals surface area contributed by atoms with Crippen molar-refractivity contribution in [2.45, 2.75) is 17.3 Å². The first-order valence-corrected chi connectivity index (χ1v) is 12.5. The van der Waals surface area contributed by atoms with E-state index in [0.717, 1.165) is 6.42 Å². The van der Waals surface area contributed by atoms with Gasteiger partial charge >= 0.3 is 0 Å². The Morgan fingerprint density at radius 3 is 2.11 bits per heavy atom. The number of carbonyl (C=O) groups is 1. The predicted molar refractivity (Wildman–Crippen MR) is 139 cm³/mol. The highest BCUT2D eigenvalue weighted by atomic mass is 35.5. The maximum absolute atomic E-state index is 12.5. The third-order valence-corrected chi connectivity index (χ3v) is 8.53. The van der Waals surface area contributed by atoms with E-state index in [0.29, 0.717) is 27.6 Å². The van der Waals surface area contributed by atoms with Gasteiger partial charge in [0.2, 0.25) is 0 Å². The summed E-state index contributed by atoms with van der Waals surface area (Å²) in [6.07, 6.45) is 7.86. The smallest absolute Gasteiger partial charge is 0.277 e. The van der Waals surface area contributed by atoms with Gasteiger partial charge in [0.05, 0.1) is 5.02 Å². The first kappa shape index (κ1) is 22.4. The summed E-state index contributed by atoms with van der Waals surface area (Å²) >= 11 is 12.0. The van der Waals surface area contributed by atoms with Crippen molar-refractivity contribution in [2.24, 2.45) is 22.9 Å². The Bertz CT molecular complexity index is 1270. The second kappa shape index (κ2) is 8.54. The van der Waals surface area contributed by atoms with Crippen LogP contribution in [-0.4, -0.2) is 18.7 Å². The SMILES string of the molecule is O=C(COc1ccc(Cl)cc1Cl)N/N=C/C1C2(c3ccccc3)C3C=CC(C3)C12c1ccccc1. The van der Waals surface area contributed by atoms with Crippen molar-refractivity contribution < 1.29 is 9.53 Å². The summed E-state index contributed by atoms with van der Waals surface area (Å²) in [7, 11) is 0. The van der Waals surface area contributed by atoms with Crippen LogP contribution in [-0.2, 0) is 15.6 Å². The number of hydrogen-bond donors (Lipinski definition) is 1. The minimum Gasteiger partial charge on any atom is -0.482 e. The maximum Gasteiger partial charge on any atom is 0.277 e. The molecule has 6 rings (SSSR count). The molecule has 3 aliphatic carbocycles. The van der Waals surface area contributed by atoms with Crippen LogP contribution in [0.2, 0.25) is 10.0 Å². The van der Waals surface area contributed by atoms with E-state index in [4.69, 9.17) is 27.9 Å². The van der Waals surface area contributed by atoms with Gasteiger partial charge in [0.25, 0.3) is 5.91 Å². The van der Waals surface area contributed by atoms with Crippen LogP contribution < -0.4 is 10.2 Å². The largest absolute Gasteiger partial charge is 0.482 e. The van der Waals surface area contributed by atoms with Gasteiger partial charge in [0, 0.05) is 28.0 Å². The summed E-state index contributed by atoms with van der Waals surface area (Å²) in [4.78, 5) is 12.5. The van der Waals surface area contributed by atoms with Gasteiger partial charge in [-0.05, 0) is 47.6 Å². The quantitative estimate of drug-likeness (QED) is 0.238. The van der Waals surface area contributed by atoms with Crippen molar-refractivity contribution in [3.05, 3.63) is 112 Å². The molecule has 4 unspecified atom stereocenters. The molecule has 0 aliphatic heterocycles. The minimum atomic E-state index is -0.346. The van der Waals surface area contributed by atoms with Crippen molar-refractivity contribution in [1.29, 1.82) is 0 Å².